The van der Waals surface area contributed by atoms with Gasteiger partial charge in [0, 0.05) is 11.6 Å². The summed E-state index contributed by atoms with van der Waals surface area (Å²) < 4.78 is 0. The van der Waals surface area contributed by atoms with Crippen molar-refractivity contribution in [3.8, 4) is 22.6 Å². The van der Waals surface area contributed by atoms with Crippen LogP contribution in [0.25, 0.3) is 11.1 Å². The van der Waals surface area contributed by atoms with Gasteiger partial charge in [0.15, 0.2) is 0 Å². The Morgan fingerprint density at radius 2 is 1.35 bits per heavy atom. The lowest BCUT2D eigenvalue weighted by Crippen LogP contribution is -1.89. The SMILES string of the molecule is Cc1cc(-c2c(C)cccc2C)c(O)cc1O. The van der Waals surface area contributed by atoms with E-state index in [0.717, 1.165) is 27.8 Å². The van der Waals surface area contributed by atoms with Gasteiger partial charge in [0.1, 0.15) is 11.5 Å². The summed E-state index contributed by atoms with van der Waals surface area (Å²) in [5, 5.41) is 19.5. The van der Waals surface area contributed by atoms with E-state index >= 15 is 0 Å². The summed E-state index contributed by atoms with van der Waals surface area (Å²) in [6.45, 7) is 5.86. The molecule has 0 aliphatic heterocycles. The second-order valence-electron chi connectivity index (χ2n) is 4.42. The Bertz CT molecular complexity index is 551. The van der Waals surface area contributed by atoms with Crippen molar-refractivity contribution < 1.29 is 10.2 Å². The van der Waals surface area contributed by atoms with Crippen molar-refractivity contribution in [2.24, 2.45) is 0 Å². The Labute approximate surface area is 101 Å². The van der Waals surface area contributed by atoms with E-state index in [1.807, 2.05) is 45.0 Å². The largest absolute Gasteiger partial charge is 0.508 e. The van der Waals surface area contributed by atoms with Crippen LogP contribution in [0.2, 0.25) is 0 Å². The molecule has 0 atom stereocenters. The molecule has 2 aromatic rings. The first-order valence-corrected chi connectivity index (χ1v) is 5.60. The lowest BCUT2D eigenvalue weighted by molar-refractivity contribution is 0.449. The van der Waals surface area contributed by atoms with Gasteiger partial charge in [-0.3, -0.25) is 0 Å². The molecular weight excluding hydrogens is 212 g/mol. The standard InChI is InChI=1S/C15H16O2/c1-9-5-4-6-10(2)15(9)12-7-11(3)13(16)8-14(12)17/h4-8,16-17H,1-3H3. The van der Waals surface area contributed by atoms with Gasteiger partial charge in [0.25, 0.3) is 0 Å². The van der Waals surface area contributed by atoms with Gasteiger partial charge in [0.05, 0.1) is 0 Å². The molecule has 2 heteroatoms. The molecule has 2 rings (SSSR count). The molecule has 2 nitrogen and oxygen atoms in total. The molecule has 2 aromatic carbocycles. The van der Waals surface area contributed by atoms with Crippen molar-refractivity contribution in [3.63, 3.8) is 0 Å². The molecule has 0 heterocycles. The highest BCUT2D eigenvalue weighted by Crippen LogP contribution is 2.37. The Morgan fingerprint density at radius 1 is 0.765 bits per heavy atom. The number of rotatable bonds is 1. The Balaban J connectivity index is 2.73. The van der Waals surface area contributed by atoms with Crippen molar-refractivity contribution in [2.45, 2.75) is 20.8 Å². The summed E-state index contributed by atoms with van der Waals surface area (Å²) in [6.07, 6.45) is 0. The number of phenols is 2. The highest BCUT2D eigenvalue weighted by molar-refractivity contribution is 5.77. The molecule has 0 aliphatic rings. The van der Waals surface area contributed by atoms with Crippen molar-refractivity contribution in [2.75, 3.05) is 0 Å². The van der Waals surface area contributed by atoms with E-state index in [1.54, 1.807) is 0 Å². The summed E-state index contributed by atoms with van der Waals surface area (Å²) in [6, 6.07) is 9.25. The molecule has 0 aromatic heterocycles. The third kappa shape index (κ3) is 1.98. The lowest BCUT2D eigenvalue weighted by Gasteiger charge is -2.13. The third-order valence-electron chi connectivity index (χ3n) is 3.06. The molecule has 17 heavy (non-hydrogen) atoms. The third-order valence-corrected chi connectivity index (χ3v) is 3.06. The summed E-state index contributed by atoms with van der Waals surface area (Å²) in [5.74, 6) is 0.239. The van der Waals surface area contributed by atoms with Gasteiger partial charge in [-0.1, -0.05) is 18.2 Å². The Hall–Kier alpha value is -1.96. The molecule has 0 radical (unpaired) electrons. The van der Waals surface area contributed by atoms with E-state index in [1.165, 1.54) is 6.07 Å². The summed E-state index contributed by atoms with van der Waals surface area (Å²) in [7, 11) is 0. The predicted octanol–water partition coefficient (Wildman–Crippen LogP) is 3.69. The van der Waals surface area contributed by atoms with Gasteiger partial charge in [-0.2, -0.15) is 0 Å². The fourth-order valence-electron chi connectivity index (χ4n) is 2.13. The minimum atomic E-state index is 0.116. The van der Waals surface area contributed by atoms with Crippen LogP contribution in [0, 0.1) is 20.8 Å². The van der Waals surface area contributed by atoms with Gasteiger partial charge in [-0.25, -0.2) is 0 Å². The fraction of sp³-hybridized carbons (Fsp3) is 0.200. The average Bonchev–Trinajstić information content (AvgIpc) is 2.25. The van der Waals surface area contributed by atoms with E-state index in [2.05, 4.69) is 0 Å². The molecule has 88 valence electrons. The molecule has 0 unspecified atom stereocenters. The van der Waals surface area contributed by atoms with Gasteiger partial charge in [-0.15, -0.1) is 0 Å². The van der Waals surface area contributed by atoms with E-state index in [0.29, 0.717) is 0 Å². The smallest absolute Gasteiger partial charge is 0.127 e. The minimum Gasteiger partial charge on any atom is -0.508 e. The topological polar surface area (TPSA) is 40.5 Å². The first kappa shape index (κ1) is 11.5. The maximum absolute atomic E-state index is 9.96. The lowest BCUT2D eigenvalue weighted by atomic mass is 9.94. The normalized spacial score (nSPS) is 10.5. The zero-order chi connectivity index (χ0) is 12.6. The maximum atomic E-state index is 9.96. The maximum Gasteiger partial charge on any atom is 0.127 e. The van der Waals surface area contributed by atoms with Crippen LogP contribution >= 0.6 is 0 Å². The van der Waals surface area contributed by atoms with E-state index in [9.17, 15) is 10.2 Å². The quantitative estimate of drug-likeness (QED) is 0.781. The fourth-order valence-corrected chi connectivity index (χ4v) is 2.13. The zero-order valence-corrected chi connectivity index (χ0v) is 10.3. The van der Waals surface area contributed by atoms with Crippen LogP contribution in [0.15, 0.2) is 30.3 Å². The highest BCUT2D eigenvalue weighted by atomic mass is 16.3. The van der Waals surface area contributed by atoms with Crippen molar-refractivity contribution in [3.05, 3.63) is 47.0 Å². The molecule has 0 amide bonds. The van der Waals surface area contributed by atoms with E-state index in [4.69, 9.17) is 0 Å². The van der Waals surface area contributed by atoms with Crippen LogP contribution < -0.4 is 0 Å². The molecule has 0 saturated heterocycles. The van der Waals surface area contributed by atoms with Gasteiger partial charge >= 0.3 is 0 Å². The number of aromatic hydroxyl groups is 2. The Kier molecular flexibility index (Phi) is 2.80. The molecule has 0 fully saturated rings. The van der Waals surface area contributed by atoms with Crippen LogP contribution in [-0.4, -0.2) is 10.2 Å². The van der Waals surface area contributed by atoms with Gasteiger partial charge in [-0.05, 0) is 49.1 Å². The van der Waals surface area contributed by atoms with Crippen LogP contribution in [0.4, 0.5) is 0 Å². The van der Waals surface area contributed by atoms with E-state index in [-0.39, 0.29) is 11.5 Å². The van der Waals surface area contributed by atoms with Crippen molar-refractivity contribution in [1.82, 2.24) is 0 Å². The zero-order valence-electron chi connectivity index (χ0n) is 10.3. The monoisotopic (exact) mass is 228 g/mol. The number of hydrogen-bond acceptors (Lipinski definition) is 2. The second-order valence-corrected chi connectivity index (χ2v) is 4.42. The first-order valence-electron chi connectivity index (χ1n) is 5.60. The highest BCUT2D eigenvalue weighted by Gasteiger charge is 2.12. The Morgan fingerprint density at radius 3 is 1.94 bits per heavy atom. The molecule has 0 saturated carbocycles. The van der Waals surface area contributed by atoms with Gasteiger partial charge < -0.3 is 10.2 Å². The summed E-state index contributed by atoms with van der Waals surface area (Å²) in [4.78, 5) is 0. The number of hydrogen-bond donors (Lipinski definition) is 2. The number of phenolic OH excluding ortho intramolecular Hbond substituents is 2. The number of aryl methyl sites for hydroxylation is 3. The average molecular weight is 228 g/mol. The molecule has 2 N–H and O–H groups in total. The van der Waals surface area contributed by atoms with Crippen molar-refractivity contribution >= 4 is 0 Å². The van der Waals surface area contributed by atoms with E-state index < -0.39 is 0 Å². The minimum absolute atomic E-state index is 0.116. The van der Waals surface area contributed by atoms with Crippen LogP contribution in [0.3, 0.4) is 0 Å². The van der Waals surface area contributed by atoms with Gasteiger partial charge in [0.2, 0.25) is 0 Å². The molecule has 0 spiro atoms. The molecule has 0 aliphatic carbocycles. The number of benzene rings is 2. The molecule has 0 bridgehead atoms. The first-order chi connectivity index (χ1) is 8.00. The summed E-state index contributed by atoms with van der Waals surface area (Å²) >= 11 is 0. The van der Waals surface area contributed by atoms with Crippen LogP contribution in [-0.2, 0) is 0 Å². The summed E-state index contributed by atoms with van der Waals surface area (Å²) in [5.41, 5.74) is 4.81. The van der Waals surface area contributed by atoms with Crippen LogP contribution in [0.1, 0.15) is 16.7 Å². The van der Waals surface area contributed by atoms with Crippen molar-refractivity contribution in [1.29, 1.82) is 0 Å². The predicted molar refractivity (Wildman–Crippen MR) is 69.4 cm³/mol. The van der Waals surface area contributed by atoms with Crippen LogP contribution in [0.5, 0.6) is 11.5 Å². The molecular formula is C15H16O2. The second kappa shape index (κ2) is 4.13.